The molecule has 4 rings (SSSR count). The van der Waals surface area contributed by atoms with Crippen molar-refractivity contribution in [3.8, 4) is 0 Å². The Morgan fingerprint density at radius 1 is 0.964 bits per heavy atom. The standard InChI is InChI=1S/C19H14N4O5/c20-16(24)15-10-14(21-22(15)11-6-2-1-3-7-11)19(27)28-23-17(25)12-8-4-5-9-13(12)18(23)26/h1-9,15H,10H2,(H2,20,24). The molecule has 2 aromatic rings. The van der Waals surface area contributed by atoms with Gasteiger partial charge in [-0.3, -0.25) is 19.4 Å². The van der Waals surface area contributed by atoms with Crippen molar-refractivity contribution < 1.29 is 24.0 Å². The lowest BCUT2D eigenvalue weighted by Gasteiger charge is -2.20. The Morgan fingerprint density at radius 2 is 1.54 bits per heavy atom. The van der Waals surface area contributed by atoms with E-state index < -0.39 is 29.7 Å². The number of fused-ring (bicyclic) bond motifs is 1. The Hall–Kier alpha value is -4.01. The van der Waals surface area contributed by atoms with E-state index in [1.165, 1.54) is 17.1 Å². The van der Waals surface area contributed by atoms with Gasteiger partial charge in [0.25, 0.3) is 11.8 Å². The minimum atomic E-state index is -1.00. The maximum absolute atomic E-state index is 12.5. The highest BCUT2D eigenvalue weighted by atomic mass is 16.7. The quantitative estimate of drug-likeness (QED) is 0.788. The third kappa shape index (κ3) is 2.78. The number of para-hydroxylation sites is 1. The molecule has 9 nitrogen and oxygen atoms in total. The first-order chi connectivity index (χ1) is 13.5. The Balaban J connectivity index is 1.56. The lowest BCUT2D eigenvalue weighted by atomic mass is 10.1. The molecule has 28 heavy (non-hydrogen) atoms. The Morgan fingerprint density at radius 3 is 2.11 bits per heavy atom. The number of benzene rings is 2. The first-order valence-corrected chi connectivity index (χ1v) is 8.38. The SMILES string of the molecule is NC(=O)C1CC(C(=O)ON2C(=O)c3ccccc3C2=O)=NN1c1ccccc1. The van der Waals surface area contributed by atoms with Crippen molar-refractivity contribution in [3.63, 3.8) is 0 Å². The fourth-order valence-electron chi connectivity index (χ4n) is 3.06. The number of hydrogen-bond acceptors (Lipinski definition) is 7. The molecule has 9 heteroatoms. The number of nitrogens with two attached hydrogens (primary N) is 1. The summed E-state index contributed by atoms with van der Waals surface area (Å²) >= 11 is 0. The minimum absolute atomic E-state index is 0.105. The molecule has 0 saturated carbocycles. The number of nitrogens with zero attached hydrogens (tertiary/aromatic N) is 3. The van der Waals surface area contributed by atoms with Gasteiger partial charge in [0.1, 0.15) is 6.04 Å². The van der Waals surface area contributed by atoms with Crippen LogP contribution in [0.2, 0.25) is 0 Å². The van der Waals surface area contributed by atoms with E-state index >= 15 is 0 Å². The normalized spacial score (nSPS) is 18.1. The second kappa shape index (κ2) is 6.62. The van der Waals surface area contributed by atoms with Gasteiger partial charge < -0.3 is 10.6 Å². The van der Waals surface area contributed by atoms with Gasteiger partial charge in [-0.15, -0.1) is 0 Å². The molecule has 0 aromatic heterocycles. The second-order valence-electron chi connectivity index (χ2n) is 6.18. The van der Waals surface area contributed by atoms with Crippen molar-refractivity contribution in [2.75, 3.05) is 5.01 Å². The van der Waals surface area contributed by atoms with Crippen molar-refractivity contribution >= 4 is 35.1 Å². The monoisotopic (exact) mass is 378 g/mol. The molecule has 2 heterocycles. The number of imide groups is 1. The number of hydroxylamine groups is 2. The summed E-state index contributed by atoms with van der Waals surface area (Å²) in [6.45, 7) is 0. The summed E-state index contributed by atoms with van der Waals surface area (Å²) < 4.78 is 0. The van der Waals surface area contributed by atoms with Crippen LogP contribution in [-0.2, 0) is 14.4 Å². The van der Waals surface area contributed by atoms with Crippen LogP contribution in [0.15, 0.2) is 59.7 Å². The smallest absolute Gasteiger partial charge is 0.368 e. The van der Waals surface area contributed by atoms with Crippen molar-refractivity contribution in [2.45, 2.75) is 12.5 Å². The topological polar surface area (TPSA) is 122 Å². The van der Waals surface area contributed by atoms with E-state index in [4.69, 9.17) is 10.6 Å². The zero-order valence-electron chi connectivity index (χ0n) is 14.4. The van der Waals surface area contributed by atoms with Crippen LogP contribution in [0.3, 0.4) is 0 Å². The number of anilines is 1. The summed E-state index contributed by atoms with van der Waals surface area (Å²) in [5, 5.41) is 5.85. The lowest BCUT2D eigenvalue weighted by molar-refractivity contribution is -0.159. The molecule has 1 unspecified atom stereocenters. The molecule has 0 radical (unpaired) electrons. The van der Waals surface area contributed by atoms with Crippen LogP contribution in [0.25, 0.3) is 0 Å². The van der Waals surface area contributed by atoms with Crippen LogP contribution in [0.1, 0.15) is 27.1 Å². The highest BCUT2D eigenvalue weighted by Gasteiger charge is 2.41. The highest BCUT2D eigenvalue weighted by molar-refractivity contribution is 6.38. The van der Waals surface area contributed by atoms with Crippen molar-refractivity contribution in [1.29, 1.82) is 0 Å². The number of primary amides is 1. The Bertz CT molecular complexity index is 999. The van der Waals surface area contributed by atoms with E-state index in [9.17, 15) is 19.2 Å². The predicted octanol–water partition coefficient (Wildman–Crippen LogP) is 0.861. The Kier molecular flexibility index (Phi) is 4.11. The number of carbonyl (C=O) groups excluding carboxylic acids is 4. The molecular formula is C19H14N4O5. The molecule has 1 atom stereocenters. The van der Waals surface area contributed by atoms with E-state index in [0.717, 1.165) is 0 Å². The maximum atomic E-state index is 12.5. The average molecular weight is 378 g/mol. The summed E-state index contributed by atoms with van der Waals surface area (Å²) in [5.74, 6) is -3.15. The fraction of sp³-hybridized carbons (Fsp3) is 0.105. The number of amides is 3. The largest absolute Gasteiger partial charge is 0.379 e. The van der Waals surface area contributed by atoms with Gasteiger partial charge in [0, 0.05) is 6.42 Å². The predicted molar refractivity (Wildman–Crippen MR) is 97.0 cm³/mol. The molecule has 140 valence electrons. The summed E-state index contributed by atoms with van der Waals surface area (Å²) in [5.41, 5.74) is 6.17. The van der Waals surface area contributed by atoms with Gasteiger partial charge in [0.05, 0.1) is 16.8 Å². The van der Waals surface area contributed by atoms with E-state index in [2.05, 4.69) is 5.10 Å². The average Bonchev–Trinajstić information content (AvgIpc) is 3.26. The molecule has 0 bridgehead atoms. The maximum Gasteiger partial charge on any atom is 0.379 e. The molecule has 0 aliphatic carbocycles. The molecule has 2 aliphatic rings. The third-order valence-electron chi connectivity index (χ3n) is 4.43. The summed E-state index contributed by atoms with van der Waals surface area (Å²) in [4.78, 5) is 53.9. The zero-order valence-corrected chi connectivity index (χ0v) is 14.4. The van der Waals surface area contributed by atoms with Crippen LogP contribution in [-0.4, -0.2) is 40.5 Å². The zero-order chi connectivity index (χ0) is 19.8. The van der Waals surface area contributed by atoms with Crippen LogP contribution >= 0.6 is 0 Å². The first kappa shape index (κ1) is 17.4. The number of carbonyl (C=O) groups is 4. The van der Waals surface area contributed by atoms with Crippen LogP contribution < -0.4 is 10.7 Å². The molecule has 3 amide bonds. The molecule has 0 fully saturated rings. The van der Waals surface area contributed by atoms with Crippen molar-refractivity contribution in [3.05, 3.63) is 65.7 Å². The first-order valence-electron chi connectivity index (χ1n) is 8.38. The lowest BCUT2D eigenvalue weighted by Crippen LogP contribution is -2.39. The van der Waals surface area contributed by atoms with Gasteiger partial charge in [-0.25, -0.2) is 4.79 Å². The number of rotatable bonds is 4. The van der Waals surface area contributed by atoms with Gasteiger partial charge in [-0.2, -0.15) is 5.10 Å². The number of hydrogen-bond donors (Lipinski definition) is 1. The van der Waals surface area contributed by atoms with Crippen LogP contribution in [0.4, 0.5) is 5.69 Å². The Labute approximate surface area is 158 Å². The van der Waals surface area contributed by atoms with Crippen molar-refractivity contribution in [2.24, 2.45) is 10.8 Å². The van der Waals surface area contributed by atoms with Gasteiger partial charge in [-0.05, 0) is 24.3 Å². The fourth-order valence-corrected chi connectivity index (χ4v) is 3.06. The van der Waals surface area contributed by atoms with Gasteiger partial charge >= 0.3 is 5.97 Å². The third-order valence-corrected chi connectivity index (χ3v) is 4.43. The summed E-state index contributed by atoms with van der Waals surface area (Å²) in [7, 11) is 0. The van der Waals surface area contributed by atoms with Crippen molar-refractivity contribution in [1.82, 2.24) is 5.06 Å². The molecular weight excluding hydrogens is 364 g/mol. The molecule has 2 aliphatic heterocycles. The van der Waals surface area contributed by atoms with Gasteiger partial charge in [-0.1, -0.05) is 35.4 Å². The minimum Gasteiger partial charge on any atom is -0.368 e. The molecule has 2 aromatic carbocycles. The van der Waals surface area contributed by atoms with E-state index in [0.29, 0.717) is 10.8 Å². The molecule has 0 spiro atoms. The molecule has 0 saturated heterocycles. The summed E-state index contributed by atoms with van der Waals surface area (Å²) in [6, 6.07) is 14.0. The summed E-state index contributed by atoms with van der Waals surface area (Å²) in [6.07, 6.45) is -0.105. The van der Waals surface area contributed by atoms with Gasteiger partial charge in [0.15, 0.2) is 5.71 Å². The number of hydrazone groups is 1. The molecule has 2 N–H and O–H groups in total. The second-order valence-corrected chi connectivity index (χ2v) is 6.18. The van der Waals surface area contributed by atoms with E-state index in [-0.39, 0.29) is 23.3 Å². The van der Waals surface area contributed by atoms with Crippen LogP contribution in [0, 0.1) is 0 Å². The van der Waals surface area contributed by atoms with Crippen LogP contribution in [0.5, 0.6) is 0 Å². The van der Waals surface area contributed by atoms with E-state index in [1.807, 2.05) is 0 Å². The van der Waals surface area contributed by atoms with Gasteiger partial charge in [0.2, 0.25) is 5.91 Å². The highest BCUT2D eigenvalue weighted by Crippen LogP contribution is 2.26. The van der Waals surface area contributed by atoms with E-state index in [1.54, 1.807) is 42.5 Å².